The summed E-state index contributed by atoms with van der Waals surface area (Å²) in [6.07, 6.45) is 0. The molecule has 0 radical (unpaired) electrons. The fourth-order valence-electron chi connectivity index (χ4n) is 8.02. The molecule has 40 heavy (non-hydrogen) atoms. The summed E-state index contributed by atoms with van der Waals surface area (Å²) in [6, 6.07) is 36.5. The molecule has 1 N–H and O–H groups in total. The van der Waals surface area contributed by atoms with Gasteiger partial charge in [-0.3, -0.25) is 0 Å². The Morgan fingerprint density at radius 1 is 0.400 bits per heavy atom. The van der Waals surface area contributed by atoms with Crippen LogP contribution in [0.5, 0.6) is 0 Å². The maximum absolute atomic E-state index is 3.85. The van der Waals surface area contributed by atoms with Crippen LogP contribution in [0.4, 0.5) is 11.4 Å². The number of anilines is 2. The number of rotatable bonds is 2. The fourth-order valence-corrected chi connectivity index (χ4v) is 8.02. The summed E-state index contributed by atoms with van der Waals surface area (Å²) in [5.74, 6) is 0. The van der Waals surface area contributed by atoms with E-state index in [0.717, 1.165) is 5.69 Å². The van der Waals surface area contributed by atoms with Gasteiger partial charge in [-0.2, -0.15) is 0 Å². The van der Waals surface area contributed by atoms with Crippen molar-refractivity contribution in [2.45, 2.75) is 57.8 Å². The van der Waals surface area contributed by atoms with Crippen molar-refractivity contribution in [3.63, 3.8) is 0 Å². The quantitative estimate of drug-likeness (QED) is 0.246. The van der Waals surface area contributed by atoms with Crippen molar-refractivity contribution in [2.24, 2.45) is 0 Å². The Bertz CT molecular complexity index is 1900. The molecular formula is C39H35N. The van der Waals surface area contributed by atoms with Crippen LogP contribution in [0.3, 0.4) is 0 Å². The molecule has 0 amide bonds. The van der Waals surface area contributed by atoms with Crippen molar-refractivity contribution in [1.82, 2.24) is 0 Å². The Morgan fingerprint density at radius 2 is 0.900 bits per heavy atom. The maximum atomic E-state index is 3.85. The molecule has 0 bridgehead atoms. The third kappa shape index (κ3) is 2.88. The monoisotopic (exact) mass is 517 g/mol. The van der Waals surface area contributed by atoms with Crippen LogP contribution >= 0.6 is 0 Å². The first-order valence-corrected chi connectivity index (χ1v) is 14.5. The molecule has 0 saturated heterocycles. The summed E-state index contributed by atoms with van der Waals surface area (Å²) < 4.78 is 0. The molecule has 5 aromatic rings. The van der Waals surface area contributed by atoms with Crippen LogP contribution in [-0.2, 0) is 16.2 Å². The molecule has 0 aromatic heterocycles. The lowest BCUT2D eigenvalue weighted by Crippen LogP contribution is -2.17. The first kappa shape index (κ1) is 23.8. The molecule has 0 fully saturated rings. The van der Waals surface area contributed by atoms with Crippen molar-refractivity contribution in [3.8, 4) is 33.4 Å². The SMILES string of the molecule is CC1(C)c2ccccc2-c2cc3c(cc21)-c1ccc(Nc2cccc4c2-c2ccccc2C4(C)C)cc1C3(C)C. The van der Waals surface area contributed by atoms with Gasteiger partial charge < -0.3 is 5.32 Å². The van der Waals surface area contributed by atoms with Gasteiger partial charge in [0.05, 0.1) is 0 Å². The molecule has 0 unspecified atom stereocenters. The summed E-state index contributed by atoms with van der Waals surface area (Å²) in [5, 5.41) is 3.85. The molecule has 3 aliphatic carbocycles. The minimum Gasteiger partial charge on any atom is -0.355 e. The Balaban J connectivity index is 1.23. The van der Waals surface area contributed by atoms with Crippen LogP contribution < -0.4 is 5.32 Å². The number of hydrogen-bond donors (Lipinski definition) is 1. The van der Waals surface area contributed by atoms with E-state index in [9.17, 15) is 0 Å². The third-order valence-electron chi connectivity index (χ3n) is 10.3. The van der Waals surface area contributed by atoms with Crippen LogP contribution in [0.25, 0.3) is 33.4 Å². The van der Waals surface area contributed by atoms with Gasteiger partial charge in [0.15, 0.2) is 0 Å². The number of nitrogens with one attached hydrogen (secondary N) is 1. The van der Waals surface area contributed by atoms with E-state index in [2.05, 4.69) is 144 Å². The number of hydrogen-bond acceptors (Lipinski definition) is 1. The van der Waals surface area contributed by atoms with E-state index in [0.29, 0.717) is 0 Å². The Morgan fingerprint density at radius 3 is 1.60 bits per heavy atom. The molecule has 0 spiro atoms. The summed E-state index contributed by atoms with van der Waals surface area (Å²) in [5.41, 5.74) is 19.0. The number of benzene rings is 5. The van der Waals surface area contributed by atoms with Crippen LogP contribution in [-0.4, -0.2) is 0 Å². The highest BCUT2D eigenvalue weighted by Crippen LogP contribution is 2.57. The third-order valence-corrected chi connectivity index (χ3v) is 10.3. The molecule has 1 heteroatoms. The second kappa shape index (κ2) is 7.55. The summed E-state index contributed by atoms with van der Waals surface area (Å²) >= 11 is 0. The maximum Gasteiger partial charge on any atom is 0.0467 e. The molecule has 8 rings (SSSR count). The highest BCUT2D eigenvalue weighted by atomic mass is 14.9. The van der Waals surface area contributed by atoms with E-state index >= 15 is 0 Å². The summed E-state index contributed by atoms with van der Waals surface area (Å²) in [7, 11) is 0. The first-order chi connectivity index (χ1) is 19.1. The van der Waals surface area contributed by atoms with Gasteiger partial charge in [0.1, 0.15) is 0 Å². The van der Waals surface area contributed by atoms with Crippen LogP contribution in [0, 0.1) is 0 Å². The number of fused-ring (bicyclic) bond motifs is 9. The lowest BCUT2D eigenvalue weighted by Gasteiger charge is -2.24. The lowest BCUT2D eigenvalue weighted by atomic mass is 9.79. The van der Waals surface area contributed by atoms with Crippen molar-refractivity contribution < 1.29 is 0 Å². The molecule has 0 heterocycles. The minimum atomic E-state index is -0.0771. The van der Waals surface area contributed by atoms with Crippen LogP contribution in [0.2, 0.25) is 0 Å². The van der Waals surface area contributed by atoms with E-state index < -0.39 is 0 Å². The van der Waals surface area contributed by atoms with Gasteiger partial charge in [-0.15, -0.1) is 0 Å². The molecule has 0 atom stereocenters. The lowest BCUT2D eigenvalue weighted by molar-refractivity contribution is 0.652. The molecule has 1 nitrogen and oxygen atoms in total. The van der Waals surface area contributed by atoms with Crippen molar-refractivity contribution in [3.05, 3.63) is 130 Å². The van der Waals surface area contributed by atoms with Crippen molar-refractivity contribution in [1.29, 1.82) is 0 Å². The zero-order valence-corrected chi connectivity index (χ0v) is 24.2. The second-order valence-corrected chi connectivity index (χ2v) is 13.5. The smallest absolute Gasteiger partial charge is 0.0467 e. The normalized spacial score (nSPS) is 17.4. The van der Waals surface area contributed by atoms with Crippen molar-refractivity contribution >= 4 is 11.4 Å². The molecule has 5 aromatic carbocycles. The van der Waals surface area contributed by atoms with Gasteiger partial charge in [-0.25, -0.2) is 0 Å². The average Bonchev–Trinajstić information content (AvgIpc) is 3.42. The second-order valence-electron chi connectivity index (χ2n) is 13.5. The molecule has 196 valence electrons. The standard InChI is InChI=1S/C39H35N/c1-37(2)30-15-10-8-13-26(30)36-31(37)16-11-17-35(36)40-23-18-19-25-28-22-33-27(21-34(28)39(5,6)32(25)20-23)24-12-7-9-14-29(24)38(33,3)4/h7-22,40H,1-6H3. The van der Waals surface area contributed by atoms with Gasteiger partial charge >= 0.3 is 0 Å². The van der Waals surface area contributed by atoms with Gasteiger partial charge in [-0.05, 0) is 91.5 Å². The van der Waals surface area contributed by atoms with Gasteiger partial charge in [0, 0.05) is 33.2 Å². The van der Waals surface area contributed by atoms with E-state index in [1.54, 1.807) is 0 Å². The Hall–Kier alpha value is -4.10. The highest BCUT2D eigenvalue weighted by molar-refractivity contribution is 5.93. The van der Waals surface area contributed by atoms with Gasteiger partial charge in [0.2, 0.25) is 0 Å². The molecule has 0 aliphatic heterocycles. The topological polar surface area (TPSA) is 12.0 Å². The van der Waals surface area contributed by atoms with Crippen LogP contribution in [0.15, 0.2) is 97.1 Å². The molecule has 3 aliphatic rings. The fraction of sp³-hybridized carbons (Fsp3) is 0.231. The zero-order valence-electron chi connectivity index (χ0n) is 24.2. The summed E-state index contributed by atoms with van der Waals surface area (Å²) in [6.45, 7) is 14.2. The predicted octanol–water partition coefficient (Wildman–Crippen LogP) is 10.3. The average molecular weight is 518 g/mol. The van der Waals surface area contributed by atoms with Gasteiger partial charge in [-0.1, -0.05) is 108 Å². The minimum absolute atomic E-state index is 0.00200. The van der Waals surface area contributed by atoms with Crippen LogP contribution in [0.1, 0.15) is 74.9 Å². The predicted molar refractivity (Wildman–Crippen MR) is 169 cm³/mol. The summed E-state index contributed by atoms with van der Waals surface area (Å²) in [4.78, 5) is 0. The van der Waals surface area contributed by atoms with E-state index in [-0.39, 0.29) is 16.2 Å². The van der Waals surface area contributed by atoms with Gasteiger partial charge in [0.25, 0.3) is 0 Å². The largest absolute Gasteiger partial charge is 0.355 e. The molecule has 0 saturated carbocycles. The van der Waals surface area contributed by atoms with E-state index in [4.69, 9.17) is 0 Å². The van der Waals surface area contributed by atoms with E-state index in [1.165, 1.54) is 72.4 Å². The highest BCUT2D eigenvalue weighted by Gasteiger charge is 2.42. The first-order valence-electron chi connectivity index (χ1n) is 14.5. The van der Waals surface area contributed by atoms with E-state index in [1.807, 2.05) is 0 Å². The Labute approximate surface area is 237 Å². The molecular weight excluding hydrogens is 482 g/mol. The Kier molecular flexibility index (Phi) is 4.48. The van der Waals surface area contributed by atoms with Crippen molar-refractivity contribution in [2.75, 3.05) is 5.32 Å². The zero-order chi connectivity index (χ0) is 27.6.